The normalized spacial score (nSPS) is 14.8. The van der Waals surface area contributed by atoms with Crippen molar-refractivity contribution < 1.29 is 23.5 Å². The van der Waals surface area contributed by atoms with E-state index in [0.29, 0.717) is 27.5 Å². The summed E-state index contributed by atoms with van der Waals surface area (Å²) in [6.07, 6.45) is 1.65. The Balaban J connectivity index is 1.52. The molecule has 1 heterocycles. The summed E-state index contributed by atoms with van der Waals surface area (Å²) >= 11 is 3.11. The molecule has 1 aliphatic rings. The van der Waals surface area contributed by atoms with E-state index in [9.17, 15) is 14.0 Å². The molecule has 4 rings (SSSR count). The van der Waals surface area contributed by atoms with Crippen LogP contribution in [0.1, 0.15) is 16.7 Å². The number of amides is 2. The molecule has 0 spiro atoms. The number of halogens is 2. The van der Waals surface area contributed by atoms with Gasteiger partial charge in [0.15, 0.2) is 11.5 Å². The van der Waals surface area contributed by atoms with Gasteiger partial charge in [-0.3, -0.25) is 14.5 Å². The summed E-state index contributed by atoms with van der Waals surface area (Å²) in [5.74, 6) is 0.200. The highest BCUT2D eigenvalue weighted by Crippen LogP contribution is 2.35. The highest BCUT2D eigenvalue weighted by Gasteiger charge is 2.35. The number of ether oxygens (including phenoxy) is 2. The van der Waals surface area contributed by atoms with Crippen LogP contribution < -0.4 is 9.47 Å². The molecule has 0 unspecified atom stereocenters. The van der Waals surface area contributed by atoms with Gasteiger partial charge >= 0.3 is 0 Å². The molecule has 3 aromatic carbocycles. The van der Waals surface area contributed by atoms with E-state index >= 15 is 0 Å². The van der Waals surface area contributed by atoms with Crippen molar-refractivity contribution in [3.05, 3.63) is 97.7 Å². The molecule has 0 atom stereocenters. The lowest BCUT2D eigenvalue weighted by atomic mass is 10.1. The Bertz CT molecular complexity index is 1230. The van der Waals surface area contributed by atoms with Crippen LogP contribution in [-0.2, 0) is 17.9 Å². The van der Waals surface area contributed by atoms with Crippen LogP contribution in [0.5, 0.6) is 11.5 Å². The van der Waals surface area contributed by atoms with Crippen molar-refractivity contribution in [3.8, 4) is 11.5 Å². The molecular formula is C25H19FINO4S. The molecule has 0 bridgehead atoms. The predicted octanol–water partition coefficient (Wildman–Crippen LogP) is 6.25. The molecule has 33 heavy (non-hydrogen) atoms. The molecule has 0 aliphatic carbocycles. The van der Waals surface area contributed by atoms with Crippen LogP contribution >= 0.6 is 34.4 Å². The van der Waals surface area contributed by atoms with Crippen molar-refractivity contribution in [3.63, 3.8) is 0 Å². The Kier molecular flexibility index (Phi) is 7.34. The van der Waals surface area contributed by atoms with E-state index in [-0.39, 0.29) is 30.1 Å². The summed E-state index contributed by atoms with van der Waals surface area (Å²) in [6, 6.07) is 19.2. The molecule has 0 radical (unpaired) electrons. The number of carbonyl (C=O) groups is 2. The van der Waals surface area contributed by atoms with E-state index < -0.39 is 0 Å². The average molecular weight is 575 g/mol. The minimum atomic E-state index is -0.352. The molecule has 2 amide bonds. The first-order valence-corrected chi connectivity index (χ1v) is 11.9. The Hall–Kier alpha value is -2.85. The monoisotopic (exact) mass is 575 g/mol. The maximum absolute atomic E-state index is 13.9. The molecule has 168 valence electrons. The molecule has 0 aromatic heterocycles. The Morgan fingerprint density at radius 1 is 1.03 bits per heavy atom. The predicted molar refractivity (Wildman–Crippen MR) is 134 cm³/mol. The van der Waals surface area contributed by atoms with Gasteiger partial charge in [-0.15, -0.1) is 0 Å². The number of rotatable bonds is 7. The van der Waals surface area contributed by atoms with Crippen LogP contribution in [0.25, 0.3) is 6.08 Å². The summed E-state index contributed by atoms with van der Waals surface area (Å²) in [5, 5.41) is -0.311. The van der Waals surface area contributed by atoms with Crippen molar-refractivity contribution in [2.75, 3.05) is 7.11 Å². The van der Waals surface area contributed by atoms with E-state index in [2.05, 4.69) is 22.6 Å². The van der Waals surface area contributed by atoms with Gasteiger partial charge in [-0.1, -0.05) is 36.4 Å². The zero-order valence-electron chi connectivity index (χ0n) is 17.6. The molecule has 3 aromatic rings. The fourth-order valence-corrected chi connectivity index (χ4v) is 4.42. The highest BCUT2D eigenvalue weighted by molar-refractivity contribution is 14.1. The van der Waals surface area contributed by atoms with E-state index in [1.165, 1.54) is 18.1 Å². The van der Waals surface area contributed by atoms with Gasteiger partial charge in [0.1, 0.15) is 12.4 Å². The van der Waals surface area contributed by atoms with Crippen LogP contribution in [0, 0.1) is 9.39 Å². The van der Waals surface area contributed by atoms with E-state index in [1.807, 2.05) is 24.3 Å². The lowest BCUT2D eigenvalue weighted by Crippen LogP contribution is -2.27. The second kappa shape index (κ2) is 10.4. The summed E-state index contributed by atoms with van der Waals surface area (Å²) < 4.78 is 26.1. The van der Waals surface area contributed by atoms with Crippen molar-refractivity contribution in [1.82, 2.24) is 4.90 Å². The first-order chi connectivity index (χ1) is 15.9. The fraction of sp³-hybridized carbons (Fsp3) is 0.120. The van der Waals surface area contributed by atoms with Crippen LogP contribution in [0.3, 0.4) is 0 Å². The minimum absolute atomic E-state index is 0.0268. The van der Waals surface area contributed by atoms with Gasteiger partial charge in [-0.25, -0.2) is 4.39 Å². The van der Waals surface area contributed by atoms with Crippen LogP contribution in [0.15, 0.2) is 71.6 Å². The lowest BCUT2D eigenvalue weighted by molar-refractivity contribution is -0.123. The highest BCUT2D eigenvalue weighted by atomic mass is 127. The molecule has 1 fully saturated rings. The van der Waals surface area contributed by atoms with Gasteiger partial charge in [0.2, 0.25) is 0 Å². The zero-order valence-corrected chi connectivity index (χ0v) is 20.6. The van der Waals surface area contributed by atoms with Gasteiger partial charge in [-0.05, 0) is 81.9 Å². The van der Waals surface area contributed by atoms with Gasteiger partial charge in [-0.2, -0.15) is 0 Å². The topological polar surface area (TPSA) is 55.8 Å². The molecule has 0 saturated carbocycles. The number of imide groups is 1. The summed E-state index contributed by atoms with van der Waals surface area (Å²) in [7, 11) is 1.51. The van der Waals surface area contributed by atoms with Gasteiger partial charge in [0, 0.05) is 9.13 Å². The van der Waals surface area contributed by atoms with Crippen LogP contribution in [0.4, 0.5) is 9.18 Å². The molecule has 8 heteroatoms. The third kappa shape index (κ3) is 5.56. The number of methoxy groups -OCH3 is 1. The largest absolute Gasteiger partial charge is 0.493 e. The number of thioether (sulfide) groups is 1. The Morgan fingerprint density at radius 3 is 2.52 bits per heavy atom. The zero-order chi connectivity index (χ0) is 23.4. The quantitative estimate of drug-likeness (QED) is 0.246. The fourth-order valence-electron chi connectivity index (χ4n) is 3.23. The minimum Gasteiger partial charge on any atom is -0.493 e. The van der Waals surface area contributed by atoms with E-state index in [4.69, 9.17) is 9.47 Å². The summed E-state index contributed by atoms with van der Waals surface area (Å²) in [6.45, 7) is 0.248. The Labute approximate surface area is 208 Å². The maximum Gasteiger partial charge on any atom is 0.293 e. The average Bonchev–Trinajstić information content (AvgIpc) is 3.07. The molecule has 0 N–H and O–H groups in total. The number of hydrogen-bond donors (Lipinski definition) is 0. The van der Waals surface area contributed by atoms with Gasteiger partial charge in [0.25, 0.3) is 11.1 Å². The lowest BCUT2D eigenvalue weighted by Gasteiger charge is -2.13. The van der Waals surface area contributed by atoms with E-state index in [1.54, 1.807) is 42.5 Å². The second-order valence-corrected chi connectivity index (χ2v) is 9.42. The summed E-state index contributed by atoms with van der Waals surface area (Å²) in [4.78, 5) is 26.9. The molecule has 1 aliphatic heterocycles. The number of hydrogen-bond acceptors (Lipinski definition) is 5. The number of nitrogens with zero attached hydrogens (tertiary/aromatic N) is 1. The van der Waals surface area contributed by atoms with Crippen molar-refractivity contribution in [2.24, 2.45) is 0 Å². The Morgan fingerprint density at radius 2 is 1.79 bits per heavy atom. The molecular weight excluding hydrogens is 556 g/mol. The van der Waals surface area contributed by atoms with Crippen molar-refractivity contribution in [2.45, 2.75) is 13.2 Å². The number of benzene rings is 3. The maximum atomic E-state index is 13.9. The van der Waals surface area contributed by atoms with Crippen LogP contribution in [-0.4, -0.2) is 23.2 Å². The number of carbonyl (C=O) groups excluding carboxylic acids is 2. The van der Waals surface area contributed by atoms with E-state index in [0.717, 1.165) is 20.9 Å². The second-order valence-electron chi connectivity index (χ2n) is 7.18. The first kappa shape index (κ1) is 23.3. The van der Waals surface area contributed by atoms with Crippen LogP contribution in [0.2, 0.25) is 0 Å². The summed E-state index contributed by atoms with van der Waals surface area (Å²) in [5.41, 5.74) is 1.97. The smallest absolute Gasteiger partial charge is 0.293 e. The van der Waals surface area contributed by atoms with Gasteiger partial charge < -0.3 is 9.47 Å². The molecule has 5 nitrogen and oxygen atoms in total. The van der Waals surface area contributed by atoms with Crippen molar-refractivity contribution in [1.29, 1.82) is 0 Å². The first-order valence-electron chi connectivity index (χ1n) is 9.98. The third-order valence-corrected chi connectivity index (χ3v) is 6.58. The standard InChI is InChI=1S/C25H19FINO4S/c1-31-21-11-8-17(12-22(21)32-15-18-4-2-3-5-20(18)26)13-23-24(29)28(25(30)33-23)14-16-6-9-19(27)10-7-16/h2-13H,14-15H2,1H3/b23-13-. The molecule has 1 saturated heterocycles. The van der Waals surface area contributed by atoms with Crippen molar-refractivity contribution >= 4 is 51.6 Å². The van der Waals surface area contributed by atoms with Gasteiger partial charge in [0.05, 0.1) is 18.6 Å². The third-order valence-electron chi connectivity index (χ3n) is 4.95. The SMILES string of the molecule is COc1ccc(/C=C2\SC(=O)N(Cc3ccc(I)cc3)C2=O)cc1OCc1ccccc1F.